The van der Waals surface area contributed by atoms with Crippen molar-refractivity contribution in [2.75, 3.05) is 18.0 Å². The Bertz CT molecular complexity index is 815. The van der Waals surface area contributed by atoms with Crippen LogP contribution in [-0.2, 0) is 16.0 Å². The fraction of sp³-hybridized carbons (Fsp3) is 0.417. The summed E-state index contributed by atoms with van der Waals surface area (Å²) in [4.78, 5) is 29.2. The van der Waals surface area contributed by atoms with E-state index in [0.717, 1.165) is 6.42 Å². The molecule has 0 radical (unpaired) electrons. The molecule has 1 unspecified atom stereocenters. The van der Waals surface area contributed by atoms with E-state index in [-0.39, 0.29) is 12.3 Å². The fourth-order valence-electron chi connectivity index (χ4n) is 4.32. The van der Waals surface area contributed by atoms with Crippen LogP contribution in [0.15, 0.2) is 60.7 Å². The highest BCUT2D eigenvalue weighted by molar-refractivity contribution is 6.01. The molecule has 2 aromatic carbocycles. The monoisotopic (exact) mass is 394 g/mol. The van der Waals surface area contributed by atoms with Crippen molar-refractivity contribution in [3.8, 4) is 0 Å². The molecule has 0 aliphatic carbocycles. The number of carboxylic acids is 1. The van der Waals surface area contributed by atoms with E-state index < -0.39 is 11.5 Å². The van der Waals surface area contributed by atoms with Gasteiger partial charge in [-0.2, -0.15) is 0 Å². The minimum absolute atomic E-state index is 0.149. The Morgan fingerprint density at radius 3 is 2.10 bits per heavy atom. The van der Waals surface area contributed by atoms with Gasteiger partial charge in [-0.25, -0.2) is 4.79 Å². The predicted molar refractivity (Wildman–Crippen MR) is 115 cm³/mol. The van der Waals surface area contributed by atoms with Gasteiger partial charge in [0.1, 0.15) is 5.54 Å². The van der Waals surface area contributed by atoms with E-state index >= 15 is 0 Å². The third-order valence-electron chi connectivity index (χ3n) is 6.01. The van der Waals surface area contributed by atoms with Crippen molar-refractivity contribution < 1.29 is 14.7 Å². The standard InChI is InChI=1S/C24H30N2O3/c1-3-22(27)26(21-12-8-5-9-13-21)24(23(28)29)14-16-25(17-15-24)19(2)18-20-10-6-4-7-11-20/h4-13,19H,3,14-18H2,1-2H3,(H,28,29). The third kappa shape index (κ3) is 4.51. The van der Waals surface area contributed by atoms with E-state index in [1.807, 2.05) is 48.5 Å². The van der Waals surface area contributed by atoms with Crippen LogP contribution in [-0.4, -0.2) is 46.6 Å². The molecule has 29 heavy (non-hydrogen) atoms. The normalized spacial score (nSPS) is 17.4. The van der Waals surface area contributed by atoms with Crippen molar-refractivity contribution in [2.45, 2.75) is 51.1 Å². The van der Waals surface area contributed by atoms with Crippen molar-refractivity contribution in [1.82, 2.24) is 4.90 Å². The Hall–Kier alpha value is -2.66. The van der Waals surface area contributed by atoms with E-state index in [0.29, 0.717) is 37.7 Å². The first kappa shape index (κ1) is 21.1. The van der Waals surface area contributed by atoms with Gasteiger partial charge in [0.2, 0.25) is 5.91 Å². The van der Waals surface area contributed by atoms with Gasteiger partial charge >= 0.3 is 5.97 Å². The summed E-state index contributed by atoms with van der Waals surface area (Å²) >= 11 is 0. The molecule has 1 atom stereocenters. The summed E-state index contributed by atoms with van der Waals surface area (Å²) in [5.41, 5.74) is 0.743. The number of carbonyl (C=O) groups is 2. The van der Waals surface area contributed by atoms with Crippen molar-refractivity contribution >= 4 is 17.6 Å². The van der Waals surface area contributed by atoms with Crippen LogP contribution < -0.4 is 4.90 Å². The number of anilines is 1. The molecular weight excluding hydrogens is 364 g/mol. The molecule has 1 aliphatic rings. The number of piperidine rings is 1. The zero-order chi connectivity index (χ0) is 20.9. The number of nitrogens with zero attached hydrogens (tertiary/aromatic N) is 2. The number of carbonyl (C=O) groups excluding carboxylic acids is 1. The molecule has 0 spiro atoms. The van der Waals surface area contributed by atoms with E-state index in [4.69, 9.17) is 0 Å². The van der Waals surface area contributed by atoms with Crippen LogP contribution in [0.4, 0.5) is 5.69 Å². The first-order chi connectivity index (χ1) is 14.0. The van der Waals surface area contributed by atoms with Crippen molar-refractivity contribution in [3.63, 3.8) is 0 Å². The highest BCUT2D eigenvalue weighted by Gasteiger charge is 2.49. The number of carboxylic acid groups (broad SMARTS) is 1. The molecule has 5 nitrogen and oxygen atoms in total. The number of likely N-dealkylation sites (tertiary alicyclic amines) is 1. The van der Waals surface area contributed by atoms with Crippen LogP contribution in [0.2, 0.25) is 0 Å². The Labute approximate surface area is 172 Å². The Morgan fingerprint density at radius 1 is 1.03 bits per heavy atom. The molecule has 2 aromatic rings. The Balaban J connectivity index is 1.80. The maximum Gasteiger partial charge on any atom is 0.330 e. The quantitative estimate of drug-likeness (QED) is 0.772. The van der Waals surface area contributed by atoms with Gasteiger partial charge in [-0.15, -0.1) is 0 Å². The van der Waals surface area contributed by atoms with Gasteiger partial charge < -0.3 is 10.0 Å². The van der Waals surface area contributed by atoms with Gasteiger partial charge in [-0.1, -0.05) is 55.5 Å². The molecular formula is C24H30N2O3. The largest absolute Gasteiger partial charge is 0.479 e. The van der Waals surface area contributed by atoms with Gasteiger partial charge in [0, 0.05) is 31.2 Å². The summed E-state index contributed by atoms with van der Waals surface area (Å²) in [6.45, 7) is 5.28. The second-order valence-corrected chi connectivity index (χ2v) is 7.83. The topological polar surface area (TPSA) is 60.9 Å². The van der Waals surface area contributed by atoms with Crippen LogP contribution in [0, 0.1) is 0 Å². The number of rotatable bonds is 7. The lowest BCUT2D eigenvalue weighted by atomic mass is 9.84. The minimum Gasteiger partial charge on any atom is -0.479 e. The summed E-state index contributed by atoms with van der Waals surface area (Å²) in [6.07, 6.45) is 2.04. The molecule has 1 fully saturated rings. The molecule has 1 N–H and O–H groups in total. The number of amides is 1. The lowest BCUT2D eigenvalue weighted by Crippen LogP contribution is -2.63. The smallest absolute Gasteiger partial charge is 0.330 e. The molecule has 1 amide bonds. The summed E-state index contributed by atoms with van der Waals surface area (Å²) in [6, 6.07) is 19.9. The summed E-state index contributed by atoms with van der Waals surface area (Å²) in [5, 5.41) is 10.2. The molecule has 154 valence electrons. The average molecular weight is 395 g/mol. The van der Waals surface area contributed by atoms with Crippen LogP contribution in [0.25, 0.3) is 0 Å². The highest BCUT2D eigenvalue weighted by atomic mass is 16.4. The summed E-state index contributed by atoms with van der Waals surface area (Å²) in [5.74, 6) is -1.07. The van der Waals surface area contributed by atoms with Gasteiger partial charge in [0.15, 0.2) is 0 Å². The van der Waals surface area contributed by atoms with Crippen LogP contribution in [0.5, 0.6) is 0 Å². The molecule has 3 rings (SSSR count). The summed E-state index contributed by atoms with van der Waals surface area (Å²) in [7, 11) is 0. The Morgan fingerprint density at radius 2 is 1.59 bits per heavy atom. The number of para-hydroxylation sites is 1. The maximum absolute atomic E-state index is 12.8. The van der Waals surface area contributed by atoms with E-state index in [9.17, 15) is 14.7 Å². The van der Waals surface area contributed by atoms with E-state index in [2.05, 4.69) is 24.0 Å². The number of aliphatic carboxylic acids is 1. The van der Waals surface area contributed by atoms with Gasteiger partial charge in [-0.3, -0.25) is 9.69 Å². The number of hydrogen-bond acceptors (Lipinski definition) is 3. The third-order valence-corrected chi connectivity index (χ3v) is 6.01. The number of benzene rings is 2. The first-order valence-corrected chi connectivity index (χ1v) is 10.4. The number of hydrogen-bond donors (Lipinski definition) is 1. The molecule has 0 aromatic heterocycles. The van der Waals surface area contributed by atoms with Crippen molar-refractivity contribution in [1.29, 1.82) is 0 Å². The molecule has 1 heterocycles. The Kier molecular flexibility index (Phi) is 6.70. The van der Waals surface area contributed by atoms with E-state index in [1.54, 1.807) is 6.92 Å². The molecule has 0 saturated carbocycles. The lowest BCUT2D eigenvalue weighted by molar-refractivity contribution is -0.147. The SMILES string of the molecule is CCC(=O)N(c1ccccc1)C1(C(=O)O)CCN(C(C)Cc2ccccc2)CC1. The van der Waals surface area contributed by atoms with Crippen molar-refractivity contribution in [3.05, 3.63) is 66.2 Å². The predicted octanol–water partition coefficient (Wildman–Crippen LogP) is 3.98. The fourth-order valence-corrected chi connectivity index (χ4v) is 4.32. The molecule has 1 aliphatic heterocycles. The second-order valence-electron chi connectivity index (χ2n) is 7.83. The van der Waals surface area contributed by atoms with Crippen molar-refractivity contribution in [2.24, 2.45) is 0 Å². The molecule has 1 saturated heterocycles. The molecule has 5 heteroatoms. The van der Waals surface area contributed by atoms with Gasteiger partial charge in [0.25, 0.3) is 0 Å². The molecule has 0 bridgehead atoms. The average Bonchev–Trinajstić information content (AvgIpc) is 2.75. The zero-order valence-electron chi connectivity index (χ0n) is 17.3. The van der Waals surface area contributed by atoms with Crippen LogP contribution in [0.3, 0.4) is 0 Å². The second kappa shape index (κ2) is 9.23. The van der Waals surface area contributed by atoms with Gasteiger partial charge in [0.05, 0.1) is 0 Å². The zero-order valence-corrected chi connectivity index (χ0v) is 17.3. The van der Waals surface area contributed by atoms with E-state index in [1.165, 1.54) is 10.5 Å². The van der Waals surface area contributed by atoms with Crippen LogP contribution in [0.1, 0.15) is 38.7 Å². The first-order valence-electron chi connectivity index (χ1n) is 10.4. The van der Waals surface area contributed by atoms with Crippen LogP contribution >= 0.6 is 0 Å². The maximum atomic E-state index is 12.8. The lowest BCUT2D eigenvalue weighted by Gasteiger charge is -2.47. The summed E-state index contributed by atoms with van der Waals surface area (Å²) < 4.78 is 0. The highest BCUT2D eigenvalue weighted by Crippen LogP contribution is 2.35. The van der Waals surface area contributed by atoms with Gasteiger partial charge in [-0.05, 0) is 43.9 Å². The minimum atomic E-state index is -1.20.